The number of aryl methyl sites for hydroxylation is 1. The lowest BCUT2D eigenvalue weighted by atomic mass is 9.96. The van der Waals surface area contributed by atoms with Gasteiger partial charge in [0.2, 0.25) is 0 Å². The molecule has 0 aromatic heterocycles. The van der Waals surface area contributed by atoms with E-state index in [4.69, 9.17) is 16.3 Å². The predicted molar refractivity (Wildman–Crippen MR) is 130 cm³/mol. The van der Waals surface area contributed by atoms with Crippen molar-refractivity contribution in [3.63, 3.8) is 0 Å². The second kappa shape index (κ2) is 10.1. The molecule has 1 N–H and O–H groups in total. The Balaban J connectivity index is 1.47. The van der Waals surface area contributed by atoms with E-state index >= 15 is 0 Å². The molecule has 0 radical (unpaired) electrons. The Bertz CT molecular complexity index is 1050. The monoisotopic (exact) mass is 449 g/mol. The maximum Gasteiger partial charge on any atom is 0.322 e. The van der Waals surface area contributed by atoms with Crippen LogP contribution in [0.3, 0.4) is 0 Å². The lowest BCUT2D eigenvalue weighted by Crippen LogP contribution is -2.51. The summed E-state index contributed by atoms with van der Waals surface area (Å²) in [5.41, 5.74) is 4.20. The predicted octanol–water partition coefficient (Wildman–Crippen LogP) is 5.60. The van der Waals surface area contributed by atoms with Crippen molar-refractivity contribution in [3.8, 4) is 5.75 Å². The quantitative estimate of drug-likeness (QED) is 0.551. The molecule has 4 rings (SSSR count). The van der Waals surface area contributed by atoms with E-state index in [0.29, 0.717) is 24.5 Å². The molecule has 0 spiro atoms. The van der Waals surface area contributed by atoms with Gasteiger partial charge in [-0.3, -0.25) is 4.90 Å². The number of hydrogen-bond donors (Lipinski definition) is 1. The smallest absolute Gasteiger partial charge is 0.322 e. The highest BCUT2D eigenvalue weighted by molar-refractivity contribution is 6.30. The van der Waals surface area contributed by atoms with Gasteiger partial charge < -0.3 is 15.0 Å². The Morgan fingerprint density at radius 3 is 2.25 bits per heavy atom. The van der Waals surface area contributed by atoms with E-state index < -0.39 is 0 Å². The summed E-state index contributed by atoms with van der Waals surface area (Å²) in [6.07, 6.45) is 0. The summed E-state index contributed by atoms with van der Waals surface area (Å²) in [4.78, 5) is 17.2. The number of rotatable bonds is 5. The minimum Gasteiger partial charge on any atom is -0.495 e. The summed E-state index contributed by atoms with van der Waals surface area (Å²) < 4.78 is 5.39. The summed E-state index contributed by atoms with van der Waals surface area (Å²) in [6, 6.07) is 24.3. The number of nitrogens with one attached hydrogen (secondary N) is 1. The zero-order valence-corrected chi connectivity index (χ0v) is 19.2. The number of halogens is 1. The van der Waals surface area contributed by atoms with Crippen LogP contribution in [0.2, 0.25) is 5.02 Å². The molecule has 2 amide bonds. The molecule has 1 heterocycles. The number of carbonyl (C=O) groups is 1. The van der Waals surface area contributed by atoms with Gasteiger partial charge in [-0.25, -0.2) is 4.79 Å². The van der Waals surface area contributed by atoms with E-state index in [9.17, 15) is 4.79 Å². The van der Waals surface area contributed by atoms with Crippen molar-refractivity contribution in [2.75, 3.05) is 38.6 Å². The van der Waals surface area contributed by atoms with Crippen molar-refractivity contribution in [1.29, 1.82) is 0 Å². The third kappa shape index (κ3) is 5.06. The zero-order valence-electron chi connectivity index (χ0n) is 18.4. The van der Waals surface area contributed by atoms with Gasteiger partial charge in [0.1, 0.15) is 5.75 Å². The maximum atomic E-state index is 12.9. The number of amides is 2. The first-order valence-electron chi connectivity index (χ1n) is 10.8. The van der Waals surface area contributed by atoms with E-state index in [1.807, 2.05) is 48.2 Å². The van der Waals surface area contributed by atoms with Gasteiger partial charge in [0.05, 0.1) is 18.8 Å². The summed E-state index contributed by atoms with van der Waals surface area (Å²) in [6.45, 7) is 4.85. The van der Waals surface area contributed by atoms with Crippen molar-refractivity contribution in [2.24, 2.45) is 0 Å². The second-order valence-electron chi connectivity index (χ2n) is 8.02. The number of methoxy groups -OCH3 is 1. The molecule has 1 aliphatic rings. The summed E-state index contributed by atoms with van der Waals surface area (Å²) >= 11 is 6.13. The molecular formula is C26H28ClN3O2. The van der Waals surface area contributed by atoms with E-state index in [1.54, 1.807) is 7.11 Å². The standard InChI is InChI=1S/C26H28ClN3O2/c1-19-8-13-24(32-2)23(18-19)28-26(31)30-16-14-29(15-17-30)25(20-6-4-3-5-7-20)21-9-11-22(27)12-10-21/h3-13,18,25H,14-17H2,1-2H3,(H,28,31). The molecule has 6 heteroatoms. The van der Waals surface area contributed by atoms with Gasteiger partial charge in [-0.15, -0.1) is 0 Å². The highest BCUT2D eigenvalue weighted by Crippen LogP contribution is 2.31. The first-order chi connectivity index (χ1) is 15.5. The first-order valence-corrected chi connectivity index (χ1v) is 11.2. The average molecular weight is 450 g/mol. The van der Waals surface area contributed by atoms with Gasteiger partial charge in [-0.2, -0.15) is 0 Å². The summed E-state index contributed by atoms with van der Waals surface area (Å²) in [5.74, 6) is 0.662. The lowest BCUT2D eigenvalue weighted by molar-refractivity contribution is 0.126. The molecule has 3 aromatic carbocycles. The molecule has 1 fully saturated rings. The minimum atomic E-state index is -0.101. The molecule has 166 valence electrons. The largest absolute Gasteiger partial charge is 0.495 e. The third-order valence-electron chi connectivity index (χ3n) is 5.86. The molecule has 3 aromatic rings. The minimum absolute atomic E-state index is 0.101. The molecule has 1 aliphatic heterocycles. The molecule has 1 saturated heterocycles. The van der Waals surface area contributed by atoms with Crippen molar-refractivity contribution >= 4 is 23.3 Å². The van der Waals surface area contributed by atoms with Crippen LogP contribution < -0.4 is 10.1 Å². The molecule has 5 nitrogen and oxygen atoms in total. The Kier molecular flexibility index (Phi) is 6.98. The SMILES string of the molecule is COc1ccc(C)cc1NC(=O)N1CCN(C(c2ccccc2)c2ccc(Cl)cc2)CC1. The maximum absolute atomic E-state index is 12.9. The molecule has 32 heavy (non-hydrogen) atoms. The molecule has 1 atom stereocenters. The van der Waals surface area contributed by atoms with Gasteiger partial charge in [-0.05, 0) is 47.9 Å². The fourth-order valence-corrected chi connectivity index (χ4v) is 4.32. The Hall–Kier alpha value is -3.02. The van der Waals surface area contributed by atoms with Gasteiger partial charge in [0.15, 0.2) is 0 Å². The highest BCUT2D eigenvalue weighted by Gasteiger charge is 2.28. The van der Waals surface area contributed by atoms with Crippen LogP contribution in [0.1, 0.15) is 22.7 Å². The number of carbonyl (C=O) groups excluding carboxylic acids is 1. The summed E-state index contributed by atoms with van der Waals surface area (Å²) in [5, 5.41) is 3.74. The number of urea groups is 1. The van der Waals surface area contributed by atoms with Crippen LogP contribution in [0.4, 0.5) is 10.5 Å². The van der Waals surface area contributed by atoms with E-state index in [-0.39, 0.29) is 12.1 Å². The average Bonchev–Trinajstić information content (AvgIpc) is 2.82. The number of benzene rings is 3. The number of ether oxygens (including phenoxy) is 1. The molecule has 0 bridgehead atoms. The fourth-order valence-electron chi connectivity index (χ4n) is 4.19. The summed E-state index contributed by atoms with van der Waals surface area (Å²) in [7, 11) is 1.61. The van der Waals surface area contributed by atoms with Gasteiger partial charge in [0.25, 0.3) is 0 Å². The van der Waals surface area contributed by atoms with Crippen LogP contribution in [0.5, 0.6) is 5.75 Å². The lowest BCUT2D eigenvalue weighted by Gasteiger charge is -2.39. The first kappa shape index (κ1) is 22.2. The van der Waals surface area contributed by atoms with Crippen LogP contribution >= 0.6 is 11.6 Å². The van der Waals surface area contributed by atoms with Gasteiger partial charge in [-0.1, -0.05) is 60.1 Å². The van der Waals surface area contributed by atoms with Crippen LogP contribution in [0.25, 0.3) is 0 Å². The Labute approximate surface area is 194 Å². The van der Waals surface area contributed by atoms with E-state index in [1.165, 1.54) is 11.1 Å². The van der Waals surface area contributed by atoms with Crippen molar-refractivity contribution in [1.82, 2.24) is 9.80 Å². The second-order valence-corrected chi connectivity index (χ2v) is 8.46. The number of piperazine rings is 1. The van der Waals surface area contributed by atoms with Crippen LogP contribution in [-0.2, 0) is 0 Å². The number of hydrogen-bond acceptors (Lipinski definition) is 3. The Morgan fingerprint density at radius 2 is 1.59 bits per heavy atom. The van der Waals surface area contributed by atoms with Gasteiger partial charge >= 0.3 is 6.03 Å². The van der Waals surface area contributed by atoms with Crippen molar-refractivity contribution in [3.05, 3.63) is 94.5 Å². The molecule has 0 aliphatic carbocycles. The fraction of sp³-hybridized carbons (Fsp3) is 0.269. The van der Waals surface area contributed by atoms with Crippen LogP contribution in [0, 0.1) is 6.92 Å². The normalized spacial score (nSPS) is 15.3. The molecular weight excluding hydrogens is 422 g/mol. The van der Waals surface area contributed by atoms with Crippen LogP contribution in [0.15, 0.2) is 72.8 Å². The van der Waals surface area contributed by atoms with Gasteiger partial charge in [0, 0.05) is 31.2 Å². The van der Waals surface area contributed by atoms with Crippen molar-refractivity contribution < 1.29 is 9.53 Å². The Morgan fingerprint density at radius 1 is 0.938 bits per heavy atom. The number of nitrogens with zero attached hydrogens (tertiary/aromatic N) is 2. The zero-order chi connectivity index (χ0) is 22.5. The van der Waals surface area contributed by atoms with E-state index in [2.05, 4.69) is 46.6 Å². The van der Waals surface area contributed by atoms with Crippen molar-refractivity contribution in [2.45, 2.75) is 13.0 Å². The number of anilines is 1. The molecule has 0 saturated carbocycles. The van der Waals surface area contributed by atoms with E-state index in [0.717, 1.165) is 23.7 Å². The van der Waals surface area contributed by atoms with Crippen LogP contribution in [-0.4, -0.2) is 49.1 Å². The third-order valence-corrected chi connectivity index (χ3v) is 6.12. The topological polar surface area (TPSA) is 44.8 Å². The molecule has 1 unspecified atom stereocenters. The highest BCUT2D eigenvalue weighted by atomic mass is 35.5.